The molecule has 0 aliphatic rings. The summed E-state index contributed by atoms with van der Waals surface area (Å²) < 4.78 is -1.92. The Morgan fingerprint density at radius 1 is 1.33 bits per heavy atom. The summed E-state index contributed by atoms with van der Waals surface area (Å²) in [4.78, 5) is 14.6. The third-order valence-corrected chi connectivity index (χ3v) is 3.05. The lowest BCUT2D eigenvalue weighted by atomic mass is 10.1. The number of rotatable bonds is 2. The van der Waals surface area contributed by atoms with Crippen molar-refractivity contribution in [2.24, 2.45) is 0 Å². The molecule has 0 aliphatic heterocycles. The molecule has 0 bridgehead atoms. The molecule has 6 heteroatoms. The van der Waals surface area contributed by atoms with Gasteiger partial charge in [-0.3, -0.25) is 4.79 Å². The van der Waals surface area contributed by atoms with Crippen molar-refractivity contribution < 1.29 is 4.79 Å². The number of H-pyrrole nitrogens is 1. The number of aromatic nitrogens is 1. The van der Waals surface area contributed by atoms with Gasteiger partial charge in [0.05, 0.1) is 0 Å². The normalized spacial score (nSPS) is 11.8. The second kappa shape index (κ2) is 5.00. The predicted molar refractivity (Wildman–Crippen MR) is 75.2 cm³/mol. The molecule has 2 N–H and O–H groups in total. The largest absolute Gasteiger partial charge is 0.359 e. The summed E-state index contributed by atoms with van der Waals surface area (Å²) >= 11 is 16.4. The van der Waals surface area contributed by atoms with Crippen LogP contribution in [0.2, 0.25) is 0 Å². The average Bonchev–Trinajstić information content (AvgIpc) is 2.63. The van der Waals surface area contributed by atoms with Crippen LogP contribution < -0.4 is 5.32 Å². The molecule has 0 atom stereocenters. The van der Waals surface area contributed by atoms with Crippen LogP contribution in [0.4, 0.5) is 0 Å². The quantitative estimate of drug-likeness (QED) is 0.820. The zero-order valence-electron chi connectivity index (χ0n) is 9.56. The minimum atomic E-state index is -1.92. The van der Waals surface area contributed by atoms with Crippen LogP contribution in [0.1, 0.15) is 11.3 Å². The van der Waals surface area contributed by atoms with E-state index in [0.29, 0.717) is 6.54 Å². The maximum atomic E-state index is 11.4. The lowest BCUT2D eigenvalue weighted by molar-refractivity contribution is -0.120. The van der Waals surface area contributed by atoms with E-state index in [9.17, 15) is 4.79 Å². The monoisotopic (exact) mass is 304 g/mol. The topological polar surface area (TPSA) is 44.9 Å². The summed E-state index contributed by atoms with van der Waals surface area (Å²) in [7, 11) is 0. The molecule has 0 saturated carbocycles. The van der Waals surface area contributed by atoms with E-state index in [1.165, 1.54) is 0 Å². The lowest BCUT2D eigenvalue weighted by Gasteiger charge is -2.11. The van der Waals surface area contributed by atoms with Gasteiger partial charge in [-0.2, -0.15) is 0 Å². The molecule has 1 aromatic carbocycles. The number of carbonyl (C=O) groups excluding carboxylic acids is 1. The number of amides is 1. The van der Waals surface area contributed by atoms with Gasteiger partial charge in [0.1, 0.15) is 0 Å². The molecule has 2 aromatic rings. The van der Waals surface area contributed by atoms with Crippen LogP contribution >= 0.6 is 34.8 Å². The van der Waals surface area contributed by atoms with E-state index in [1.54, 1.807) is 0 Å². The van der Waals surface area contributed by atoms with Gasteiger partial charge in [0, 0.05) is 17.8 Å². The first-order valence-corrected chi connectivity index (χ1v) is 6.43. The third-order valence-electron chi connectivity index (χ3n) is 2.53. The Kier molecular flexibility index (Phi) is 3.76. The fourth-order valence-corrected chi connectivity index (χ4v) is 1.92. The van der Waals surface area contributed by atoms with Crippen LogP contribution in [0.5, 0.6) is 0 Å². The highest BCUT2D eigenvalue weighted by atomic mass is 35.6. The Hall–Kier alpha value is -0.900. The van der Waals surface area contributed by atoms with Gasteiger partial charge in [0.15, 0.2) is 0 Å². The lowest BCUT2D eigenvalue weighted by Crippen LogP contribution is -2.33. The number of nitrogens with one attached hydrogen (secondary N) is 2. The Labute approximate surface area is 119 Å². The highest BCUT2D eigenvalue weighted by molar-refractivity contribution is 6.76. The molecule has 18 heavy (non-hydrogen) atoms. The van der Waals surface area contributed by atoms with Gasteiger partial charge in [-0.1, -0.05) is 40.9 Å². The number of alkyl halides is 3. The summed E-state index contributed by atoms with van der Waals surface area (Å²) in [6.45, 7) is 2.32. The number of carbonyl (C=O) groups is 1. The molecule has 1 aromatic heterocycles. The molecule has 2 rings (SSSR count). The number of benzene rings is 1. The van der Waals surface area contributed by atoms with Crippen molar-refractivity contribution in [3.63, 3.8) is 0 Å². The van der Waals surface area contributed by atoms with E-state index in [1.807, 2.05) is 31.2 Å². The first-order chi connectivity index (χ1) is 8.36. The first kappa shape index (κ1) is 13.5. The molecular weight excluding hydrogens is 295 g/mol. The zero-order valence-corrected chi connectivity index (χ0v) is 11.8. The van der Waals surface area contributed by atoms with Crippen molar-refractivity contribution in [1.29, 1.82) is 0 Å². The van der Waals surface area contributed by atoms with Crippen LogP contribution in [0.3, 0.4) is 0 Å². The molecule has 0 aliphatic carbocycles. The van der Waals surface area contributed by atoms with Crippen molar-refractivity contribution >= 4 is 51.6 Å². The summed E-state index contributed by atoms with van der Waals surface area (Å²) in [6, 6.07) is 7.89. The molecular formula is C12H11Cl3N2O. The minimum absolute atomic E-state index is 0.326. The highest BCUT2D eigenvalue weighted by Crippen LogP contribution is 2.26. The van der Waals surface area contributed by atoms with Crippen LogP contribution in [-0.4, -0.2) is 14.7 Å². The average molecular weight is 306 g/mol. The van der Waals surface area contributed by atoms with E-state index in [-0.39, 0.29) is 0 Å². The highest BCUT2D eigenvalue weighted by Gasteiger charge is 2.30. The van der Waals surface area contributed by atoms with Crippen LogP contribution in [0.25, 0.3) is 10.9 Å². The number of aryl methyl sites for hydroxylation is 1. The van der Waals surface area contributed by atoms with Gasteiger partial charge >= 0.3 is 0 Å². The molecule has 0 spiro atoms. The van der Waals surface area contributed by atoms with E-state index in [4.69, 9.17) is 34.8 Å². The zero-order chi connectivity index (χ0) is 13.3. The van der Waals surface area contributed by atoms with Crippen LogP contribution in [0, 0.1) is 6.92 Å². The van der Waals surface area contributed by atoms with Gasteiger partial charge in [-0.15, -0.1) is 0 Å². The number of hydrogen-bond acceptors (Lipinski definition) is 1. The summed E-state index contributed by atoms with van der Waals surface area (Å²) in [5.74, 6) is -0.627. The Balaban J connectivity index is 2.10. The molecule has 0 radical (unpaired) electrons. The van der Waals surface area contributed by atoms with Crippen LogP contribution in [0.15, 0.2) is 24.3 Å². The smallest absolute Gasteiger partial charge is 0.272 e. The Morgan fingerprint density at radius 3 is 2.72 bits per heavy atom. The van der Waals surface area contributed by atoms with Gasteiger partial charge in [-0.25, -0.2) is 0 Å². The maximum absolute atomic E-state index is 11.4. The Bertz CT molecular complexity index is 587. The number of aromatic amines is 1. The van der Waals surface area contributed by atoms with E-state index in [0.717, 1.165) is 22.2 Å². The second-order valence-corrected chi connectivity index (χ2v) is 6.34. The number of halogens is 3. The molecule has 0 unspecified atom stereocenters. The van der Waals surface area contributed by atoms with Gasteiger partial charge in [0.25, 0.3) is 9.70 Å². The van der Waals surface area contributed by atoms with E-state index >= 15 is 0 Å². The third kappa shape index (κ3) is 3.10. The fraction of sp³-hybridized carbons (Fsp3) is 0.250. The SMILES string of the molecule is Cc1cc2cc(CNC(=O)C(Cl)(Cl)Cl)ccc2[nH]1. The summed E-state index contributed by atoms with van der Waals surface area (Å²) in [5.41, 5.74) is 3.10. The van der Waals surface area contributed by atoms with Crippen molar-refractivity contribution in [2.75, 3.05) is 0 Å². The minimum Gasteiger partial charge on any atom is -0.359 e. The van der Waals surface area contributed by atoms with E-state index in [2.05, 4.69) is 10.3 Å². The molecule has 1 amide bonds. The van der Waals surface area contributed by atoms with Gasteiger partial charge in [0.2, 0.25) is 0 Å². The second-order valence-electron chi connectivity index (χ2n) is 4.05. The first-order valence-electron chi connectivity index (χ1n) is 5.29. The van der Waals surface area contributed by atoms with Crippen molar-refractivity contribution in [3.05, 3.63) is 35.5 Å². The molecule has 96 valence electrons. The van der Waals surface area contributed by atoms with Gasteiger partial charge < -0.3 is 10.3 Å². The predicted octanol–water partition coefficient (Wildman–Crippen LogP) is 3.46. The van der Waals surface area contributed by atoms with Crippen molar-refractivity contribution in [3.8, 4) is 0 Å². The molecule has 0 saturated heterocycles. The number of fused-ring (bicyclic) bond motifs is 1. The van der Waals surface area contributed by atoms with Crippen molar-refractivity contribution in [1.82, 2.24) is 10.3 Å². The van der Waals surface area contributed by atoms with Crippen LogP contribution in [-0.2, 0) is 11.3 Å². The Morgan fingerprint density at radius 2 is 2.06 bits per heavy atom. The fourth-order valence-electron chi connectivity index (χ4n) is 1.72. The van der Waals surface area contributed by atoms with Crippen molar-refractivity contribution in [2.45, 2.75) is 17.3 Å². The molecule has 0 fully saturated rings. The summed E-state index contributed by atoms with van der Waals surface area (Å²) in [6.07, 6.45) is 0. The maximum Gasteiger partial charge on any atom is 0.272 e. The summed E-state index contributed by atoms with van der Waals surface area (Å²) in [5, 5.41) is 3.66. The molecule has 1 heterocycles. The molecule has 3 nitrogen and oxygen atoms in total. The van der Waals surface area contributed by atoms with Gasteiger partial charge in [-0.05, 0) is 36.1 Å². The van der Waals surface area contributed by atoms with E-state index < -0.39 is 9.70 Å². The number of hydrogen-bond donors (Lipinski definition) is 2. The standard InChI is InChI=1S/C12H11Cl3N2O/c1-7-4-9-5-8(2-3-10(9)17-7)6-16-11(18)12(13,14)15/h2-5,17H,6H2,1H3,(H,16,18).